The van der Waals surface area contributed by atoms with Crippen LogP contribution in [0.4, 0.5) is 0 Å². The first kappa shape index (κ1) is 8.26. The topological polar surface area (TPSA) is 30.7 Å². The van der Waals surface area contributed by atoms with Gasteiger partial charge in [0, 0.05) is 25.0 Å². The Bertz CT molecular complexity index is 408. The molecule has 0 unspecified atom stereocenters. The molecule has 2 rings (SSSR count). The fourth-order valence-electron chi connectivity index (χ4n) is 1.16. The van der Waals surface area contributed by atoms with Crippen LogP contribution in [0.1, 0.15) is 0 Å². The normalized spacial score (nSPS) is 10.3. The second-order valence-electron chi connectivity index (χ2n) is 2.70. The number of rotatable bonds is 1. The molecule has 0 N–H and O–H groups in total. The molecule has 0 amide bonds. The summed E-state index contributed by atoms with van der Waals surface area (Å²) in [6.07, 6.45) is 5.10. The SMILES string of the molecule is Cn1c(Cl)cnc1-c1ccncc1. The molecule has 0 saturated heterocycles. The number of hydrogen-bond donors (Lipinski definition) is 0. The van der Waals surface area contributed by atoms with Crippen LogP contribution in [0.15, 0.2) is 30.7 Å². The van der Waals surface area contributed by atoms with Crippen molar-refractivity contribution in [2.75, 3.05) is 0 Å². The van der Waals surface area contributed by atoms with Gasteiger partial charge in [0.15, 0.2) is 0 Å². The molecular formula is C9H8ClN3. The van der Waals surface area contributed by atoms with Crippen LogP contribution in [0.5, 0.6) is 0 Å². The predicted octanol–water partition coefficient (Wildman–Crippen LogP) is 2.14. The maximum atomic E-state index is 5.86. The van der Waals surface area contributed by atoms with E-state index in [0.717, 1.165) is 11.4 Å². The zero-order chi connectivity index (χ0) is 9.26. The van der Waals surface area contributed by atoms with Gasteiger partial charge in [-0.15, -0.1) is 0 Å². The Morgan fingerprint density at radius 1 is 1.31 bits per heavy atom. The van der Waals surface area contributed by atoms with E-state index in [9.17, 15) is 0 Å². The van der Waals surface area contributed by atoms with E-state index in [4.69, 9.17) is 11.6 Å². The summed E-state index contributed by atoms with van der Waals surface area (Å²) >= 11 is 5.86. The lowest BCUT2D eigenvalue weighted by atomic mass is 10.2. The standard InChI is InChI=1S/C9H8ClN3/c1-13-8(10)6-12-9(13)7-2-4-11-5-3-7/h2-6H,1H3. The number of hydrogen-bond acceptors (Lipinski definition) is 2. The molecule has 0 saturated carbocycles. The maximum Gasteiger partial charge on any atom is 0.140 e. The number of nitrogens with zero attached hydrogens (tertiary/aromatic N) is 3. The van der Waals surface area contributed by atoms with E-state index in [1.165, 1.54) is 0 Å². The average Bonchev–Trinajstić information content (AvgIpc) is 2.49. The minimum absolute atomic E-state index is 0.631. The molecule has 0 bridgehead atoms. The molecule has 0 spiro atoms. The van der Waals surface area contributed by atoms with Crippen LogP contribution in [0.3, 0.4) is 0 Å². The second kappa shape index (κ2) is 3.18. The Morgan fingerprint density at radius 2 is 2.00 bits per heavy atom. The van der Waals surface area contributed by atoms with Crippen molar-refractivity contribution in [2.24, 2.45) is 7.05 Å². The molecule has 66 valence electrons. The first-order valence-corrected chi connectivity index (χ1v) is 4.24. The lowest BCUT2D eigenvalue weighted by Gasteiger charge is -2.00. The minimum atomic E-state index is 0.631. The van der Waals surface area contributed by atoms with E-state index in [1.807, 2.05) is 23.7 Å². The molecule has 0 aromatic carbocycles. The summed E-state index contributed by atoms with van der Waals surface area (Å²) in [5.74, 6) is 0.854. The molecule has 0 aliphatic rings. The third-order valence-electron chi connectivity index (χ3n) is 1.87. The van der Waals surface area contributed by atoms with Crippen molar-refractivity contribution in [1.82, 2.24) is 14.5 Å². The Morgan fingerprint density at radius 3 is 2.54 bits per heavy atom. The van der Waals surface area contributed by atoms with Gasteiger partial charge >= 0.3 is 0 Å². The Labute approximate surface area is 81.0 Å². The molecule has 13 heavy (non-hydrogen) atoms. The van der Waals surface area contributed by atoms with Gasteiger partial charge in [0.05, 0.1) is 6.20 Å². The van der Waals surface area contributed by atoms with Crippen LogP contribution < -0.4 is 0 Å². The predicted molar refractivity (Wildman–Crippen MR) is 51.4 cm³/mol. The highest BCUT2D eigenvalue weighted by atomic mass is 35.5. The fraction of sp³-hybridized carbons (Fsp3) is 0.111. The molecule has 0 aliphatic heterocycles. The van der Waals surface area contributed by atoms with Gasteiger partial charge in [-0.3, -0.25) is 4.98 Å². The molecule has 0 fully saturated rings. The molecule has 0 atom stereocenters. The Kier molecular flexibility index (Phi) is 2.02. The molecule has 0 aliphatic carbocycles. The zero-order valence-corrected chi connectivity index (χ0v) is 7.86. The van der Waals surface area contributed by atoms with Crippen LogP contribution in [0, 0.1) is 0 Å². The largest absolute Gasteiger partial charge is 0.318 e. The van der Waals surface area contributed by atoms with Crippen LogP contribution in [-0.4, -0.2) is 14.5 Å². The van der Waals surface area contributed by atoms with Gasteiger partial charge in [-0.1, -0.05) is 11.6 Å². The Balaban J connectivity index is 2.53. The van der Waals surface area contributed by atoms with Crippen molar-refractivity contribution in [1.29, 1.82) is 0 Å². The van der Waals surface area contributed by atoms with Crippen molar-refractivity contribution < 1.29 is 0 Å². The van der Waals surface area contributed by atoms with Crippen LogP contribution in [0.25, 0.3) is 11.4 Å². The molecule has 2 aromatic rings. The van der Waals surface area contributed by atoms with Gasteiger partial charge in [0.25, 0.3) is 0 Å². The van der Waals surface area contributed by atoms with E-state index in [0.29, 0.717) is 5.15 Å². The van der Waals surface area contributed by atoms with Crippen LogP contribution >= 0.6 is 11.6 Å². The van der Waals surface area contributed by atoms with E-state index in [-0.39, 0.29) is 0 Å². The molecule has 4 heteroatoms. The minimum Gasteiger partial charge on any atom is -0.318 e. The Hall–Kier alpha value is -1.35. The van der Waals surface area contributed by atoms with Gasteiger partial charge in [-0.2, -0.15) is 0 Å². The highest BCUT2D eigenvalue weighted by Gasteiger charge is 2.05. The van der Waals surface area contributed by atoms with Gasteiger partial charge in [0.2, 0.25) is 0 Å². The first-order chi connectivity index (χ1) is 6.29. The number of aromatic nitrogens is 3. The monoisotopic (exact) mass is 193 g/mol. The van der Waals surface area contributed by atoms with Crippen molar-refractivity contribution in [3.63, 3.8) is 0 Å². The third kappa shape index (κ3) is 1.42. The number of pyridine rings is 1. The molecule has 0 radical (unpaired) electrons. The maximum absolute atomic E-state index is 5.86. The lowest BCUT2D eigenvalue weighted by Crippen LogP contribution is -1.92. The summed E-state index contributed by atoms with van der Waals surface area (Å²) in [6, 6.07) is 3.80. The molecule has 2 heterocycles. The van der Waals surface area contributed by atoms with E-state index in [2.05, 4.69) is 9.97 Å². The smallest absolute Gasteiger partial charge is 0.140 e. The van der Waals surface area contributed by atoms with Gasteiger partial charge in [-0.25, -0.2) is 4.98 Å². The van der Waals surface area contributed by atoms with E-state index in [1.54, 1.807) is 18.6 Å². The summed E-state index contributed by atoms with van der Waals surface area (Å²) in [6.45, 7) is 0. The molecular weight excluding hydrogens is 186 g/mol. The van der Waals surface area contributed by atoms with Gasteiger partial charge in [-0.05, 0) is 12.1 Å². The molecule has 3 nitrogen and oxygen atoms in total. The zero-order valence-electron chi connectivity index (χ0n) is 7.11. The number of imidazole rings is 1. The lowest BCUT2D eigenvalue weighted by molar-refractivity contribution is 0.925. The van der Waals surface area contributed by atoms with E-state index < -0.39 is 0 Å². The summed E-state index contributed by atoms with van der Waals surface area (Å²) < 4.78 is 1.83. The summed E-state index contributed by atoms with van der Waals surface area (Å²) in [5.41, 5.74) is 1.02. The average molecular weight is 194 g/mol. The van der Waals surface area contributed by atoms with Crippen LogP contribution in [0.2, 0.25) is 5.15 Å². The number of halogens is 1. The van der Waals surface area contributed by atoms with Crippen molar-refractivity contribution in [3.05, 3.63) is 35.9 Å². The highest BCUT2D eigenvalue weighted by molar-refractivity contribution is 6.29. The quantitative estimate of drug-likeness (QED) is 0.695. The first-order valence-electron chi connectivity index (χ1n) is 3.86. The van der Waals surface area contributed by atoms with Crippen LogP contribution in [-0.2, 0) is 7.05 Å². The van der Waals surface area contributed by atoms with Gasteiger partial charge in [0.1, 0.15) is 11.0 Å². The summed E-state index contributed by atoms with van der Waals surface area (Å²) in [4.78, 5) is 8.13. The second-order valence-corrected chi connectivity index (χ2v) is 3.09. The van der Waals surface area contributed by atoms with Crippen molar-refractivity contribution in [2.45, 2.75) is 0 Å². The summed E-state index contributed by atoms with van der Waals surface area (Å²) in [5, 5.41) is 0.631. The highest BCUT2D eigenvalue weighted by Crippen LogP contribution is 2.19. The third-order valence-corrected chi connectivity index (χ3v) is 2.22. The van der Waals surface area contributed by atoms with E-state index >= 15 is 0 Å². The molecule has 2 aromatic heterocycles. The van der Waals surface area contributed by atoms with Gasteiger partial charge < -0.3 is 4.57 Å². The summed E-state index contributed by atoms with van der Waals surface area (Å²) in [7, 11) is 1.88. The van der Waals surface area contributed by atoms with Crippen molar-refractivity contribution >= 4 is 11.6 Å². The van der Waals surface area contributed by atoms with Crippen molar-refractivity contribution in [3.8, 4) is 11.4 Å². The fourth-order valence-corrected chi connectivity index (χ4v) is 1.29.